The largest absolute Gasteiger partial charge is 0.490 e. The van der Waals surface area contributed by atoms with Crippen LogP contribution in [0.5, 0.6) is 11.5 Å². The summed E-state index contributed by atoms with van der Waals surface area (Å²) in [4.78, 5) is 1.65. The first-order valence-corrected chi connectivity index (χ1v) is 11.6. The molecular weight excluding hydrogens is 392 g/mol. The van der Waals surface area contributed by atoms with E-state index in [2.05, 4.69) is 0 Å². The molecule has 0 aromatic heterocycles. The number of hydrogen-bond donors (Lipinski definition) is 2. The highest BCUT2D eigenvalue weighted by atomic mass is 32.3. The van der Waals surface area contributed by atoms with Crippen LogP contribution in [0, 0.1) is 0 Å². The molecule has 1 aliphatic rings. The Morgan fingerprint density at radius 2 is 1.50 bits per heavy atom. The van der Waals surface area contributed by atoms with E-state index < -0.39 is 10.6 Å². The second-order valence-electron chi connectivity index (χ2n) is 6.44. The summed E-state index contributed by atoms with van der Waals surface area (Å²) >= 11 is 1.65. The summed E-state index contributed by atoms with van der Waals surface area (Å²) in [7, 11) is -2.88. The Hall–Kier alpha value is -2.12. The molecule has 6 heteroatoms. The number of hydrogen-bond acceptors (Lipinski definition) is 5. The topological polar surface area (TPSA) is 58.9 Å². The fourth-order valence-electron chi connectivity index (χ4n) is 3.22. The Balaban J connectivity index is 1.46. The van der Waals surface area contributed by atoms with Gasteiger partial charge in [0.15, 0.2) is 0 Å². The van der Waals surface area contributed by atoms with Gasteiger partial charge < -0.3 is 9.47 Å². The molecule has 0 bridgehead atoms. The Kier molecular flexibility index (Phi) is 5.82. The third kappa shape index (κ3) is 4.31. The number of benzene rings is 3. The van der Waals surface area contributed by atoms with Crippen LogP contribution < -0.4 is 9.47 Å². The number of para-hydroxylation sites is 1. The standard InChI is InChI=1S/C22H22O4S2/c23-28(24)16-21(27-18-10-5-2-6-11-18)19-12-7-13-20(22(19)28)26-15-14-25-17-8-3-1-4-9-17/h1-13,21,23-24H,14-16H2. The van der Waals surface area contributed by atoms with Crippen molar-refractivity contribution in [1.29, 1.82) is 0 Å². The van der Waals surface area contributed by atoms with Crippen LogP contribution in [-0.2, 0) is 0 Å². The lowest BCUT2D eigenvalue weighted by molar-refractivity contribution is 0.213. The van der Waals surface area contributed by atoms with Gasteiger partial charge in [0.05, 0.1) is 11.0 Å². The average molecular weight is 415 g/mol. The Labute approximate surface area is 170 Å². The van der Waals surface area contributed by atoms with Gasteiger partial charge in [-0.1, -0.05) is 48.5 Å². The van der Waals surface area contributed by atoms with Crippen molar-refractivity contribution in [3.63, 3.8) is 0 Å². The molecule has 3 aromatic rings. The zero-order chi connectivity index (χ0) is 19.4. The van der Waals surface area contributed by atoms with Crippen molar-refractivity contribution in [3.05, 3.63) is 84.4 Å². The van der Waals surface area contributed by atoms with E-state index in [4.69, 9.17) is 9.47 Å². The monoisotopic (exact) mass is 414 g/mol. The molecule has 0 spiro atoms. The first-order valence-electron chi connectivity index (χ1n) is 9.05. The molecule has 0 radical (unpaired) electrons. The highest BCUT2D eigenvalue weighted by Crippen LogP contribution is 2.65. The zero-order valence-electron chi connectivity index (χ0n) is 15.2. The molecule has 0 amide bonds. The predicted octanol–water partition coefficient (Wildman–Crippen LogP) is 6.10. The minimum absolute atomic E-state index is 0.00785. The number of rotatable bonds is 7. The molecule has 1 aliphatic heterocycles. The van der Waals surface area contributed by atoms with Gasteiger partial charge in [-0.3, -0.25) is 9.11 Å². The average Bonchev–Trinajstić information content (AvgIpc) is 2.97. The van der Waals surface area contributed by atoms with Crippen molar-refractivity contribution in [3.8, 4) is 11.5 Å². The second-order valence-corrected chi connectivity index (χ2v) is 9.79. The fourth-order valence-corrected chi connectivity index (χ4v) is 6.91. The van der Waals surface area contributed by atoms with Crippen LogP contribution in [0.15, 0.2) is 88.7 Å². The molecule has 0 saturated carbocycles. The van der Waals surface area contributed by atoms with Crippen LogP contribution >= 0.6 is 22.4 Å². The summed E-state index contributed by atoms with van der Waals surface area (Å²) < 4.78 is 33.0. The number of thioether (sulfide) groups is 1. The minimum Gasteiger partial charge on any atom is -0.490 e. The Bertz CT molecular complexity index is 916. The van der Waals surface area contributed by atoms with Crippen molar-refractivity contribution in [2.45, 2.75) is 15.0 Å². The molecule has 1 heterocycles. The third-order valence-electron chi connectivity index (χ3n) is 4.44. The van der Waals surface area contributed by atoms with Crippen molar-refractivity contribution < 1.29 is 18.6 Å². The van der Waals surface area contributed by atoms with E-state index >= 15 is 0 Å². The zero-order valence-corrected chi connectivity index (χ0v) is 16.9. The van der Waals surface area contributed by atoms with Gasteiger partial charge in [0, 0.05) is 4.90 Å². The Morgan fingerprint density at radius 3 is 2.25 bits per heavy atom. The van der Waals surface area contributed by atoms with Gasteiger partial charge in [-0.2, -0.15) is 10.6 Å². The van der Waals surface area contributed by atoms with E-state index in [-0.39, 0.29) is 5.25 Å². The molecule has 146 valence electrons. The molecule has 2 N–H and O–H groups in total. The molecule has 4 nitrogen and oxygen atoms in total. The predicted molar refractivity (Wildman–Crippen MR) is 115 cm³/mol. The van der Waals surface area contributed by atoms with Crippen LogP contribution in [0.4, 0.5) is 0 Å². The molecule has 3 aromatic carbocycles. The van der Waals surface area contributed by atoms with E-state index in [1.165, 1.54) is 0 Å². The van der Waals surface area contributed by atoms with Gasteiger partial charge in [-0.15, -0.1) is 11.8 Å². The van der Waals surface area contributed by atoms with Crippen molar-refractivity contribution >= 4 is 22.4 Å². The number of ether oxygens (including phenoxy) is 2. The molecule has 0 aliphatic carbocycles. The molecule has 4 rings (SSSR count). The smallest absolute Gasteiger partial charge is 0.142 e. The highest BCUT2D eigenvalue weighted by Gasteiger charge is 2.38. The normalized spacial score (nSPS) is 18.3. The van der Waals surface area contributed by atoms with Crippen molar-refractivity contribution in [1.82, 2.24) is 0 Å². The van der Waals surface area contributed by atoms with Gasteiger partial charge in [0.2, 0.25) is 0 Å². The van der Waals surface area contributed by atoms with Gasteiger partial charge >= 0.3 is 0 Å². The molecule has 28 heavy (non-hydrogen) atoms. The molecule has 0 saturated heterocycles. The first kappa shape index (κ1) is 19.2. The maximum absolute atomic E-state index is 10.7. The molecule has 1 atom stereocenters. The summed E-state index contributed by atoms with van der Waals surface area (Å²) in [6.07, 6.45) is 0. The quantitative estimate of drug-likeness (QED) is 0.457. The summed E-state index contributed by atoms with van der Waals surface area (Å²) in [5, 5.41) is -0.00785. The van der Waals surface area contributed by atoms with E-state index in [0.29, 0.717) is 29.6 Å². The van der Waals surface area contributed by atoms with E-state index in [1.54, 1.807) is 17.8 Å². The van der Waals surface area contributed by atoms with Crippen LogP contribution in [-0.4, -0.2) is 28.1 Å². The highest BCUT2D eigenvalue weighted by molar-refractivity contribution is 8.25. The van der Waals surface area contributed by atoms with Crippen LogP contribution in [0.1, 0.15) is 10.8 Å². The Morgan fingerprint density at radius 1 is 0.821 bits per heavy atom. The second kappa shape index (κ2) is 8.49. The van der Waals surface area contributed by atoms with Crippen LogP contribution in [0.2, 0.25) is 0 Å². The van der Waals surface area contributed by atoms with Gasteiger partial charge in [0.25, 0.3) is 0 Å². The lowest BCUT2D eigenvalue weighted by Gasteiger charge is -2.29. The summed E-state index contributed by atoms with van der Waals surface area (Å²) in [6.45, 7) is 0.715. The van der Waals surface area contributed by atoms with E-state index in [0.717, 1.165) is 16.2 Å². The summed E-state index contributed by atoms with van der Waals surface area (Å²) in [5.41, 5.74) is 0.940. The number of fused-ring (bicyclic) bond motifs is 1. The summed E-state index contributed by atoms with van der Waals surface area (Å²) in [5.74, 6) is 1.63. The van der Waals surface area contributed by atoms with E-state index in [9.17, 15) is 9.11 Å². The maximum atomic E-state index is 10.7. The minimum atomic E-state index is -2.88. The van der Waals surface area contributed by atoms with Crippen LogP contribution in [0.3, 0.4) is 0 Å². The lowest BCUT2D eigenvalue weighted by atomic mass is 10.1. The van der Waals surface area contributed by atoms with Crippen LogP contribution in [0.25, 0.3) is 0 Å². The molecule has 0 fully saturated rings. The fraction of sp³-hybridized carbons (Fsp3) is 0.182. The van der Waals surface area contributed by atoms with Crippen molar-refractivity contribution in [2.75, 3.05) is 19.0 Å². The van der Waals surface area contributed by atoms with Gasteiger partial charge in [0.1, 0.15) is 29.6 Å². The third-order valence-corrected chi connectivity index (χ3v) is 7.79. The molecular formula is C22H22O4S2. The van der Waals surface area contributed by atoms with Gasteiger partial charge in [-0.05, 0) is 35.9 Å². The maximum Gasteiger partial charge on any atom is 0.142 e. The lowest BCUT2D eigenvalue weighted by Crippen LogP contribution is -2.10. The molecule has 1 unspecified atom stereocenters. The summed E-state index contributed by atoms with van der Waals surface area (Å²) in [6, 6.07) is 25.2. The van der Waals surface area contributed by atoms with Crippen molar-refractivity contribution in [2.24, 2.45) is 0 Å². The first-order chi connectivity index (χ1) is 13.6. The van der Waals surface area contributed by atoms with E-state index in [1.807, 2.05) is 72.8 Å². The SMILES string of the molecule is OS1(O)CC(Sc2ccccc2)c2cccc(OCCOc3ccccc3)c21. The van der Waals surface area contributed by atoms with Gasteiger partial charge in [-0.25, -0.2) is 0 Å².